The van der Waals surface area contributed by atoms with Crippen LogP contribution in [0.1, 0.15) is 72.0 Å². The van der Waals surface area contributed by atoms with Gasteiger partial charge in [0.2, 0.25) is 0 Å². The van der Waals surface area contributed by atoms with Gasteiger partial charge < -0.3 is 9.47 Å². The van der Waals surface area contributed by atoms with Gasteiger partial charge in [0.25, 0.3) is 0 Å². The van der Waals surface area contributed by atoms with E-state index in [1.165, 1.54) is 7.11 Å². The molecule has 1 aliphatic rings. The highest BCUT2D eigenvalue weighted by Crippen LogP contribution is 2.45. The highest BCUT2D eigenvalue weighted by molar-refractivity contribution is 5.91. The van der Waals surface area contributed by atoms with Crippen LogP contribution in [-0.4, -0.2) is 41.3 Å². The van der Waals surface area contributed by atoms with Crippen LogP contribution in [0.25, 0.3) is 0 Å². The molecule has 0 radical (unpaired) electrons. The summed E-state index contributed by atoms with van der Waals surface area (Å²) in [5.74, 6) is -1.11. The van der Waals surface area contributed by atoms with Crippen molar-refractivity contribution in [2.24, 2.45) is 0 Å². The van der Waals surface area contributed by atoms with Crippen LogP contribution >= 0.6 is 0 Å². The van der Waals surface area contributed by atoms with Crippen LogP contribution in [0, 0.1) is 0 Å². The zero-order chi connectivity index (χ0) is 22.4. The lowest BCUT2D eigenvalue weighted by Gasteiger charge is -2.56. The fourth-order valence-corrected chi connectivity index (χ4v) is 4.38. The molecule has 1 heterocycles. The maximum atomic E-state index is 12.2. The average molecular weight is 418 g/mol. The molecule has 0 aromatic heterocycles. The Morgan fingerprint density at radius 2 is 1.70 bits per heavy atom. The Labute approximate surface area is 180 Å². The van der Waals surface area contributed by atoms with Gasteiger partial charge in [-0.3, -0.25) is 4.84 Å². The van der Waals surface area contributed by atoms with Crippen LogP contribution in [0.4, 0.5) is 0 Å². The number of carbonyl (C=O) groups excluding carboxylic acids is 2. The molecule has 6 nitrogen and oxygen atoms in total. The van der Waals surface area contributed by atoms with Gasteiger partial charge in [0.15, 0.2) is 0 Å². The van der Waals surface area contributed by atoms with Crippen LogP contribution in [0.5, 0.6) is 0 Å². The third kappa shape index (κ3) is 5.70. The lowest BCUT2D eigenvalue weighted by Crippen LogP contribution is -2.64. The van der Waals surface area contributed by atoms with Gasteiger partial charge in [0, 0.05) is 36.1 Å². The number of methoxy groups -OCH3 is 1. The number of piperidine rings is 1. The van der Waals surface area contributed by atoms with Gasteiger partial charge in [0.05, 0.1) is 7.11 Å². The maximum absolute atomic E-state index is 12.2. The second-order valence-corrected chi connectivity index (χ2v) is 8.52. The molecular weight excluding hydrogens is 382 g/mol. The first-order valence-corrected chi connectivity index (χ1v) is 10.7. The van der Waals surface area contributed by atoms with Crippen LogP contribution in [-0.2, 0) is 23.9 Å². The number of ether oxygens (including phenoxy) is 2. The highest BCUT2D eigenvalue weighted by atomic mass is 16.7. The third-order valence-electron chi connectivity index (χ3n) is 6.00. The molecule has 6 heteroatoms. The molecule has 30 heavy (non-hydrogen) atoms. The predicted octanol–water partition coefficient (Wildman–Crippen LogP) is 4.75. The molecule has 0 spiro atoms. The van der Waals surface area contributed by atoms with E-state index >= 15 is 0 Å². The van der Waals surface area contributed by atoms with Gasteiger partial charge >= 0.3 is 11.9 Å². The maximum Gasteiger partial charge on any atom is 0.331 e. The number of hydrogen-bond acceptors (Lipinski definition) is 6. The van der Waals surface area contributed by atoms with Crippen molar-refractivity contribution < 1.29 is 23.9 Å². The summed E-state index contributed by atoms with van der Waals surface area (Å²) in [5.41, 5.74) is 0.516. The highest BCUT2D eigenvalue weighted by Gasteiger charge is 2.51. The van der Waals surface area contributed by atoms with Crippen molar-refractivity contribution >= 4 is 11.9 Å². The normalized spacial score (nSPS) is 21.9. The van der Waals surface area contributed by atoms with Crippen LogP contribution in [0.3, 0.4) is 0 Å². The monoisotopic (exact) mass is 417 g/mol. The van der Waals surface area contributed by atoms with Gasteiger partial charge in [-0.1, -0.05) is 44.2 Å². The number of nitrogens with zero attached hydrogens (tertiary/aromatic N) is 1. The molecule has 2 atom stereocenters. The molecule has 1 aliphatic heterocycles. The largest absolute Gasteiger partial charge is 0.466 e. The molecular formula is C24H35NO5. The van der Waals surface area contributed by atoms with Crippen molar-refractivity contribution in [3.05, 3.63) is 48.0 Å². The van der Waals surface area contributed by atoms with Crippen molar-refractivity contribution in [3.63, 3.8) is 0 Å². The first-order chi connectivity index (χ1) is 14.2. The molecule has 1 saturated heterocycles. The Kier molecular flexibility index (Phi) is 8.21. The third-order valence-corrected chi connectivity index (χ3v) is 6.00. The van der Waals surface area contributed by atoms with Gasteiger partial charge in [0.1, 0.15) is 12.2 Å². The summed E-state index contributed by atoms with van der Waals surface area (Å²) in [6.45, 7) is 10.6. The van der Waals surface area contributed by atoms with Crippen LogP contribution in [0.2, 0.25) is 0 Å². The number of carbonyl (C=O) groups is 2. The molecule has 2 rings (SSSR count). The molecule has 0 N–H and O–H groups in total. The fourth-order valence-electron chi connectivity index (χ4n) is 4.38. The van der Waals surface area contributed by atoms with Crippen molar-refractivity contribution in [2.45, 2.75) is 83.6 Å². The molecule has 0 aliphatic carbocycles. The van der Waals surface area contributed by atoms with Crippen molar-refractivity contribution in [1.29, 1.82) is 0 Å². The summed E-state index contributed by atoms with van der Waals surface area (Å²) in [6.07, 6.45) is 4.88. The minimum atomic E-state index is -0.582. The molecule has 166 valence electrons. The van der Waals surface area contributed by atoms with E-state index in [1.54, 1.807) is 0 Å². The summed E-state index contributed by atoms with van der Waals surface area (Å²) in [6, 6.07) is 10.2. The quantitative estimate of drug-likeness (QED) is 0.449. The number of rotatable bonds is 8. The Bertz CT molecular complexity index is 739. The van der Waals surface area contributed by atoms with Crippen molar-refractivity contribution in [3.8, 4) is 0 Å². The zero-order valence-electron chi connectivity index (χ0n) is 19.0. The molecule has 0 bridgehead atoms. The summed E-state index contributed by atoms with van der Waals surface area (Å²) >= 11 is 0. The predicted molar refractivity (Wildman–Crippen MR) is 115 cm³/mol. The second kappa shape index (κ2) is 10.2. The van der Waals surface area contributed by atoms with Gasteiger partial charge in [-0.15, -0.1) is 0 Å². The molecule has 1 fully saturated rings. The second-order valence-electron chi connectivity index (χ2n) is 8.52. The lowest BCUT2D eigenvalue weighted by molar-refractivity contribution is -0.323. The molecule has 2 unspecified atom stereocenters. The zero-order valence-corrected chi connectivity index (χ0v) is 19.0. The Morgan fingerprint density at radius 1 is 1.10 bits per heavy atom. The standard InChI is InChI=1S/C24H35NO5/c1-7-24(8-2)17-20(29-22(27)15-14-21(26)28-6)16-23(4,5)25(24)30-18(3)19-12-10-9-11-13-19/h9-15,18,20H,7-8,16-17H2,1-6H3. The lowest BCUT2D eigenvalue weighted by atomic mass is 9.75. The molecule has 0 amide bonds. The summed E-state index contributed by atoms with van der Waals surface area (Å²) in [5, 5.41) is 2.15. The van der Waals surface area contributed by atoms with E-state index in [2.05, 4.69) is 56.6 Å². The Balaban J connectivity index is 2.20. The van der Waals surface area contributed by atoms with E-state index in [4.69, 9.17) is 9.57 Å². The van der Waals surface area contributed by atoms with Gasteiger partial charge in [-0.05, 0) is 39.2 Å². The Morgan fingerprint density at radius 3 is 2.27 bits per heavy atom. The number of benzene rings is 1. The van der Waals surface area contributed by atoms with Crippen molar-refractivity contribution in [2.75, 3.05) is 7.11 Å². The summed E-state index contributed by atoms with van der Waals surface area (Å²) in [7, 11) is 1.27. The van der Waals surface area contributed by atoms with E-state index < -0.39 is 11.9 Å². The minimum absolute atomic E-state index is 0.0926. The van der Waals surface area contributed by atoms with Crippen LogP contribution in [0.15, 0.2) is 42.5 Å². The van der Waals surface area contributed by atoms with Crippen LogP contribution < -0.4 is 0 Å². The van der Waals surface area contributed by atoms with E-state index in [0.29, 0.717) is 12.8 Å². The van der Waals surface area contributed by atoms with E-state index in [0.717, 1.165) is 30.6 Å². The van der Waals surface area contributed by atoms with E-state index in [9.17, 15) is 9.59 Å². The summed E-state index contributed by atoms with van der Waals surface area (Å²) in [4.78, 5) is 30.0. The first kappa shape index (κ1) is 24.1. The van der Waals surface area contributed by atoms with E-state index in [-0.39, 0.29) is 23.3 Å². The Hall–Kier alpha value is -2.18. The molecule has 1 aromatic rings. The number of hydroxylamine groups is 2. The average Bonchev–Trinajstić information content (AvgIpc) is 2.73. The van der Waals surface area contributed by atoms with Gasteiger partial charge in [-0.2, -0.15) is 5.06 Å². The van der Waals surface area contributed by atoms with Crippen molar-refractivity contribution in [1.82, 2.24) is 5.06 Å². The topological polar surface area (TPSA) is 65.1 Å². The SMILES string of the molecule is CCC1(CC)CC(OC(=O)C=CC(=O)OC)CC(C)(C)N1OC(C)c1ccccc1. The number of esters is 2. The molecule has 0 saturated carbocycles. The smallest absolute Gasteiger partial charge is 0.331 e. The van der Waals surface area contributed by atoms with E-state index in [1.807, 2.05) is 18.2 Å². The van der Waals surface area contributed by atoms with Gasteiger partial charge in [-0.25, -0.2) is 9.59 Å². The first-order valence-electron chi connectivity index (χ1n) is 10.7. The minimum Gasteiger partial charge on any atom is -0.466 e. The molecule has 1 aromatic carbocycles. The summed E-state index contributed by atoms with van der Waals surface area (Å²) < 4.78 is 10.2. The number of hydrogen-bond donors (Lipinski definition) is 0. The fraction of sp³-hybridized carbons (Fsp3) is 0.583.